The highest BCUT2D eigenvalue weighted by atomic mass is 35.5. The van der Waals surface area contributed by atoms with Gasteiger partial charge in [-0.25, -0.2) is 9.78 Å². The molecule has 5 aromatic rings. The molecular formula is C25H11Cl3N2O3S. The molecule has 0 saturated heterocycles. The molecule has 34 heavy (non-hydrogen) atoms. The fourth-order valence-electron chi connectivity index (χ4n) is 3.31. The molecule has 5 nitrogen and oxygen atoms in total. The molecule has 0 fully saturated rings. The van der Waals surface area contributed by atoms with Crippen molar-refractivity contribution < 1.29 is 8.83 Å². The maximum Gasteiger partial charge on any atom is 0.345 e. The second kappa shape index (κ2) is 9.13. The molecule has 5 rings (SSSR count). The highest BCUT2D eigenvalue weighted by Gasteiger charge is 2.15. The number of nitriles is 1. The van der Waals surface area contributed by atoms with Crippen molar-refractivity contribution in [2.75, 3.05) is 0 Å². The van der Waals surface area contributed by atoms with Crippen LogP contribution in [0.4, 0.5) is 0 Å². The molecule has 0 saturated carbocycles. The molecule has 0 spiro atoms. The van der Waals surface area contributed by atoms with Gasteiger partial charge in [-0.15, -0.1) is 11.3 Å². The Kier molecular flexibility index (Phi) is 6.03. The summed E-state index contributed by atoms with van der Waals surface area (Å²) in [5.41, 5.74) is 1.65. The maximum atomic E-state index is 12.5. The summed E-state index contributed by atoms with van der Waals surface area (Å²) in [5, 5.41) is 13.9. The van der Waals surface area contributed by atoms with Gasteiger partial charge in [-0.05, 0) is 54.6 Å². The second-order valence-electron chi connectivity index (χ2n) is 7.17. The van der Waals surface area contributed by atoms with E-state index in [9.17, 15) is 10.1 Å². The smallest absolute Gasteiger partial charge is 0.345 e. The van der Waals surface area contributed by atoms with Gasteiger partial charge in [0.1, 0.15) is 28.2 Å². The summed E-state index contributed by atoms with van der Waals surface area (Å²) >= 11 is 19.4. The van der Waals surface area contributed by atoms with Crippen LogP contribution in [0, 0.1) is 11.3 Å². The van der Waals surface area contributed by atoms with Crippen molar-refractivity contribution in [3.63, 3.8) is 0 Å². The van der Waals surface area contributed by atoms with Crippen LogP contribution >= 0.6 is 46.1 Å². The Bertz CT molecular complexity index is 1690. The first-order valence-corrected chi connectivity index (χ1v) is 11.8. The minimum atomic E-state index is -0.522. The number of hydrogen-bond donors (Lipinski definition) is 0. The van der Waals surface area contributed by atoms with Gasteiger partial charge in [-0.1, -0.05) is 34.8 Å². The predicted octanol–water partition coefficient (Wildman–Crippen LogP) is 8.20. The lowest BCUT2D eigenvalue weighted by Gasteiger charge is -2.00. The molecule has 0 unspecified atom stereocenters. The van der Waals surface area contributed by atoms with Crippen LogP contribution < -0.4 is 5.63 Å². The third-order valence-electron chi connectivity index (χ3n) is 4.94. The number of hydrogen-bond acceptors (Lipinski definition) is 6. The normalized spacial score (nSPS) is 11.6. The summed E-state index contributed by atoms with van der Waals surface area (Å²) in [4.78, 5) is 17.0. The lowest BCUT2D eigenvalue weighted by molar-refractivity contribution is 0.563. The first-order chi connectivity index (χ1) is 16.4. The van der Waals surface area contributed by atoms with Crippen LogP contribution in [0.25, 0.3) is 45.2 Å². The van der Waals surface area contributed by atoms with Crippen molar-refractivity contribution in [2.24, 2.45) is 0 Å². The average molecular weight is 526 g/mol. The van der Waals surface area contributed by atoms with E-state index in [1.54, 1.807) is 66.1 Å². The quantitative estimate of drug-likeness (QED) is 0.174. The standard InChI is InChI=1S/C25H11Cl3N2O3S/c26-16-2-5-23-14(7-16)9-18(25(31)33-23)21-12-34-24(30-21)15(11-29)8-17-3-6-22(32-17)13-1-4-19(27)20(28)10-13/h1-10,12H. The average Bonchev–Trinajstić information content (AvgIpc) is 3.49. The Morgan fingerprint density at radius 3 is 2.65 bits per heavy atom. The van der Waals surface area contributed by atoms with E-state index in [4.69, 9.17) is 43.6 Å². The van der Waals surface area contributed by atoms with Gasteiger partial charge in [0.05, 0.1) is 26.9 Å². The van der Waals surface area contributed by atoms with E-state index >= 15 is 0 Å². The summed E-state index contributed by atoms with van der Waals surface area (Å²) in [5.74, 6) is 1.05. The van der Waals surface area contributed by atoms with E-state index in [-0.39, 0.29) is 5.56 Å². The zero-order valence-electron chi connectivity index (χ0n) is 17.0. The molecule has 0 atom stereocenters. The maximum absolute atomic E-state index is 12.5. The highest BCUT2D eigenvalue weighted by molar-refractivity contribution is 7.11. The fourth-order valence-corrected chi connectivity index (χ4v) is 4.58. The lowest BCUT2D eigenvalue weighted by Crippen LogP contribution is -2.02. The Hall–Kier alpha value is -3.34. The van der Waals surface area contributed by atoms with Gasteiger partial charge in [-0.2, -0.15) is 5.26 Å². The fraction of sp³-hybridized carbons (Fsp3) is 0. The Morgan fingerprint density at radius 2 is 1.85 bits per heavy atom. The van der Waals surface area contributed by atoms with Crippen LogP contribution in [0.3, 0.4) is 0 Å². The minimum Gasteiger partial charge on any atom is -0.457 e. The molecule has 166 valence electrons. The van der Waals surface area contributed by atoms with Crippen molar-refractivity contribution in [3.05, 3.63) is 96.2 Å². The Labute approximate surface area is 212 Å². The van der Waals surface area contributed by atoms with Crippen molar-refractivity contribution in [1.82, 2.24) is 4.98 Å². The van der Waals surface area contributed by atoms with Crippen LogP contribution in [0.15, 0.2) is 73.6 Å². The molecule has 0 aliphatic heterocycles. The zero-order chi connectivity index (χ0) is 23.8. The van der Waals surface area contributed by atoms with Crippen LogP contribution in [0.1, 0.15) is 10.8 Å². The van der Waals surface area contributed by atoms with E-state index in [1.165, 1.54) is 11.3 Å². The van der Waals surface area contributed by atoms with Crippen molar-refractivity contribution >= 4 is 68.8 Å². The Balaban J connectivity index is 1.48. The van der Waals surface area contributed by atoms with Crippen LogP contribution in [-0.2, 0) is 0 Å². The van der Waals surface area contributed by atoms with E-state index in [1.807, 2.05) is 0 Å². The van der Waals surface area contributed by atoms with E-state index < -0.39 is 5.63 Å². The van der Waals surface area contributed by atoms with Crippen LogP contribution in [0.2, 0.25) is 15.1 Å². The number of aromatic nitrogens is 1. The van der Waals surface area contributed by atoms with Gasteiger partial charge in [0.2, 0.25) is 0 Å². The summed E-state index contributed by atoms with van der Waals surface area (Å²) in [6.07, 6.45) is 1.59. The molecule has 2 aromatic carbocycles. The minimum absolute atomic E-state index is 0.287. The van der Waals surface area contributed by atoms with Gasteiger partial charge < -0.3 is 8.83 Å². The number of benzene rings is 2. The number of halogens is 3. The molecule has 0 bridgehead atoms. The number of rotatable bonds is 4. The second-order valence-corrected chi connectivity index (χ2v) is 9.28. The zero-order valence-corrected chi connectivity index (χ0v) is 20.1. The molecule has 0 N–H and O–H groups in total. The van der Waals surface area contributed by atoms with Gasteiger partial charge in [0.15, 0.2) is 0 Å². The summed E-state index contributed by atoms with van der Waals surface area (Å²) in [6, 6.07) is 17.5. The Morgan fingerprint density at radius 1 is 1.00 bits per heavy atom. The van der Waals surface area contributed by atoms with Crippen LogP contribution in [0.5, 0.6) is 0 Å². The van der Waals surface area contributed by atoms with E-state index in [0.717, 1.165) is 5.56 Å². The van der Waals surface area contributed by atoms with Crippen molar-refractivity contribution in [3.8, 4) is 28.7 Å². The molecule has 0 aliphatic rings. The summed E-state index contributed by atoms with van der Waals surface area (Å²) in [7, 11) is 0. The molecular weight excluding hydrogens is 515 g/mol. The van der Waals surface area contributed by atoms with Gasteiger partial charge in [0.25, 0.3) is 0 Å². The van der Waals surface area contributed by atoms with Crippen molar-refractivity contribution in [1.29, 1.82) is 5.26 Å². The number of thiazole rings is 1. The third-order valence-corrected chi connectivity index (χ3v) is 6.79. The molecule has 0 radical (unpaired) electrons. The number of fused-ring (bicyclic) bond motifs is 1. The summed E-state index contributed by atoms with van der Waals surface area (Å²) in [6.45, 7) is 0. The largest absolute Gasteiger partial charge is 0.457 e. The number of nitrogens with zero attached hydrogens (tertiary/aromatic N) is 2. The van der Waals surface area contributed by atoms with Gasteiger partial charge in [0, 0.05) is 27.4 Å². The van der Waals surface area contributed by atoms with E-state index in [2.05, 4.69) is 11.1 Å². The molecule has 0 amide bonds. The van der Waals surface area contributed by atoms with Crippen LogP contribution in [-0.4, -0.2) is 4.98 Å². The lowest BCUT2D eigenvalue weighted by atomic mass is 10.1. The first kappa shape index (κ1) is 22.5. The SMILES string of the molecule is N#CC(=Cc1ccc(-c2ccc(Cl)c(Cl)c2)o1)c1nc(-c2cc3cc(Cl)ccc3oc2=O)cs1. The van der Waals surface area contributed by atoms with Gasteiger partial charge >= 0.3 is 5.63 Å². The highest BCUT2D eigenvalue weighted by Crippen LogP contribution is 2.32. The number of furan rings is 1. The first-order valence-electron chi connectivity index (χ1n) is 9.78. The third kappa shape index (κ3) is 4.39. The monoisotopic (exact) mass is 524 g/mol. The van der Waals surface area contributed by atoms with Crippen molar-refractivity contribution in [2.45, 2.75) is 0 Å². The number of allylic oxidation sites excluding steroid dienone is 1. The topological polar surface area (TPSA) is 80.0 Å². The molecule has 0 aliphatic carbocycles. The predicted molar refractivity (Wildman–Crippen MR) is 136 cm³/mol. The summed E-state index contributed by atoms with van der Waals surface area (Å²) < 4.78 is 11.3. The van der Waals surface area contributed by atoms with E-state index in [0.29, 0.717) is 53.8 Å². The van der Waals surface area contributed by atoms with Gasteiger partial charge in [-0.3, -0.25) is 0 Å². The molecule has 9 heteroatoms. The molecule has 3 aromatic heterocycles. The molecule has 3 heterocycles.